The van der Waals surface area contributed by atoms with E-state index in [1.54, 1.807) is 11.3 Å². The Kier molecular flexibility index (Phi) is 3.85. The van der Waals surface area contributed by atoms with Crippen LogP contribution >= 0.6 is 11.3 Å². The lowest BCUT2D eigenvalue weighted by Gasteiger charge is -2.08. The Morgan fingerprint density at radius 3 is 2.90 bits per heavy atom. The van der Waals surface area contributed by atoms with Gasteiger partial charge in [-0.2, -0.15) is 0 Å². The Morgan fingerprint density at radius 1 is 1.25 bits per heavy atom. The Bertz CT molecular complexity index is 610. The van der Waals surface area contributed by atoms with Gasteiger partial charge in [-0.3, -0.25) is 4.79 Å². The number of aryl methyl sites for hydroxylation is 2. The number of benzene rings is 1. The highest BCUT2D eigenvalue weighted by molar-refractivity contribution is 7.14. The summed E-state index contributed by atoms with van der Waals surface area (Å²) < 4.78 is 0. The van der Waals surface area contributed by atoms with E-state index < -0.39 is 0 Å². The highest BCUT2D eigenvalue weighted by Crippen LogP contribution is 2.30. The molecule has 0 saturated heterocycles. The summed E-state index contributed by atoms with van der Waals surface area (Å²) in [7, 11) is 0. The first-order chi connectivity index (χ1) is 9.76. The third-order valence-electron chi connectivity index (χ3n) is 3.64. The summed E-state index contributed by atoms with van der Waals surface area (Å²) in [5.74, 6) is -0.0152. The zero-order valence-corrected chi connectivity index (χ0v) is 12.1. The normalized spacial score (nSPS) is 13.8. The number of hydrogen-bond acceptors (Lipinski definition) is 3. The molecular formula is C16H18N2OS. The molecule has 2 aromatic rings. The van der Waals surface area contributed by atoms with Gasteiger partial charge >= 0.3 is 0 Å². The third kappa shape index (κ3) is 2.76. The van der Waals surface area contributed by atoms with Gasteiger partial charge in [-0.1, -0.05) is 12.1 Å². The number of nitrogens with one attached hydrogen (secondary N) is 1. The molecule has 3 N–H and O–H groups in total. The molecular weight excluding hydrogens is 268 g/mol. The van der Waals surface area contributed by atoms with Gasteiger partial charge in [0.05, 0.1) is 4.88 Å². The fraction of sp³-hybridized carbons (Fsp3) is 0.312. The Morgan fingerprint density at radius 2 is 2.10 bits per heavy atom. The molecule has 1 amide bonds. The molecule has 3 nitrogen and oxygen atoms in total. The number of thiophene rings is 1. The van der Waals surface area contributed by atoms with Crippen LogP contribution in [0.25, 0.3) is 0 Å². The number of fused-ring (bicyclic) bond motifs is 1. The minimum absolute atomic E-state index is 0.0152. The molecule has 1 aromatic heterocycles. The zero-order valence-electron chi connectivity index (χ0n) is 11.3. The summed E-state index contributed by atoms with van der Waals surface area (Å²) in [6.07, 6.45) is 4.72. The monoisotopic (exact) mass is 286 g/mol. The molecule has 20 heavy (non-hydrogen) atoms. The lowest BCUT2D eigenvalue weighted by molar-refractivity contribution is 0.103. The van der Waals surface area contributed by atoms with E-state index in [1.165, 1.54) is 23.3 Å². The van der Waals surface area contributed by atoms with Gasteiger partial charge in [-0.15, -0.1) is 11.3 Å². The van der Waals surface area contributed by atoms with Crippen LogP contribution in [0.2, 0.25) is 0 Å². The maximum atomic E-state index is 12.3. The molecule has 4 heteroatoms. The van der Waals surface area contributed by atoms with E-state index in [-0.39, 0.29) is 5.91 Å². The van der Waals surface area contributed by atoms with Crippen molar-refractivity contribution in [3.8, 4) is 0 Å². The molecule has 1 aliphatic carbocycles. The minimum Gasteiger partial charge on any atom is -0.326 e. The molecule has 0 atom stereocenters. The van der Waals surface area contributed by atoms with Crippen molar-refractivity contribution in [1.82, 2.24) is 0 Å². The molecule has 1 heterocycles. The molecule has 0 unspecified atom stereocenters. The van der Waals surface area contributed by atoms with Crippen molar-refractivity contribution in [2.45, 2.75) is 32.2 Å². The van der Waals surface area contributed by atoms with E-state index in [2.05, 4.69) is 11.4 Å². The van der Waals surface area contributed by atoms with Gasteiger partial charge in [0.1, 0.15) is 0 Å². The summed E-state index contributed by atoms with van der Waals surface area (Å²) in [6, 6.07) is 9.74. The van der Waals surface area contributed by atoms with Crippen LogP contribution in [-0.4, -0.2) is 5.91 Å². The number of carbonyl (C=O) groups excluding carboxylic acids is 1. The van der Waals surface area contributed by atoms with Crippen LogP contribution in [0.3, 0.4) is 0 Å². The van der Waals surface area contributed by atoms with E-state index in [1.807, 2.05) is 24.3 Å². The van der Waals surface area contributed by atoms with Gasteiger partial charge < -0.3 is 11.1 Å². The number of anilines is 1. The van der Waals surface area contributed by atoms with Crippen LogP contribution in [0.15, 0.2) is 30.3 Å². The van der Waals surface area contributed by atoms with Crippen molar-refractivity contribution in [2.24, 2.45) is 5.73 Å². The topological polar surface area (TPSA) is 55.1 Å². The number of carbonyl (C=O) groups is 1. The zero-order chi connectivity index (χ0) is 13.9. The second-order valence-corrected chi connectivity index (χ2v) is 6.26. The Hall–Kier alpha value is -1.65. The van der Waals surface area contributed by atoms with E-state index >= 15 is 0 Å². The largest absolute Gasteiger partial charge is 0.326 e. The highest BCUT2D eigenvalue weighted by atomic mass is 32.1. The van der Waals surface area contributed by atoms with E-state index in [9.17, 15) is 4.79 Å². The van der Waals surface area contributed by atoms with Crippen molar-refractivity contribution in [3.63, 3.8) is 0 Å². The van der Waals surface area contributed by atoms with Gasteiger partial charge in [0.15, 0.2) is 0 Å². The molecule has 1 aromatic carbocycles. The van der Waals surface area contributed by atoms with Gasteiger partial charge in [0.25, 0.3) is 5.91 Å². The van der Waals surface area contributed by atoms with Gasteiger partial charge in [0, 0.05) is 17.1 Å². The van der Waals surface area contributed by atoms with E-state index in [4.69, 9.17) is 5.73 Å². The maximum Gasteiger partial charge on any atom is 0.265 e. The number of amides is 1. The molecule has 0 saturated carbocycles. The molecule has 3 rings (SSSR count). The molecule has 0 aliphatic heterocycles. The summed E-state index contributed by atoms with van der Waals surface area (Å²) >= 11 is 1.64. The number of hydrogen-bond donors (Lipinski definition) is 2. The van der Waals surface area contributed by atoms with E-state index in [0.717, 1.165) is 29.0 Å². The van der Waals surface area contributed by atoms with Crippen molar-refractivity contribution in [2.75, 3.05) is 5.32 Å². The molecule has 0 fully saturated rings. The van der Waals surface area contributed by atoms with Crippen LogP contribution < -0.4 is 11.1 Å². The summed E-state index contributed by atoms with van der Waals surface area (Å²) in [6.45, 7) is 0.483. The standard InChI is InChI=1S/C16H18N2OS/c17-10-11-4-3-6-13(8-11)18-16(19)15-9-12-5-1-2-7-14(12)20-15/h3-4,6,8-9H,1-2,5,7,10,17H2,(H,18,19). The van der Waals surface area contributed by atoms with E-state index in [0.29, 0.717) is 6.54 Å². The van der Waals surface area contributed by atoms with Crippen molar-refractivity contribution < 1.29 is 4.79 Å². The summed E-state index contributed by atoms with van der Waals surface area (Å²) in [5, 5.41) is 2.96. The lowest BCUT2D eigenvalue weighted by atomic mass is 9.99. The van der Waals surface area contributed by atoms with Crippen molar-refractivity contribution in [1.29, 1.82) is 0 Å². The second-order valence-electron chi connectivity index (χ2n) is 5.12. The molecule has 104 valence electrons. The van der Waals surface area contributed by atoms with Crippen LogP contribution in [0, 0.1) is 0 Å². The van der Waals surface area contributed by atoms with Crippen LogP contribution in [0.5, 0.6) is 0 Å². The fourth-order valence-electron chi connectivity index (χ4n) is 2.57. The van der Waals surface area contributed by atoms with Crippen LogP contribution in [0.1, 0.15) is 38.5 Å². The minimum atomic E-state index is -0.0152. The predicted molar refractivity (Wildman–Crippen MR) is 83.2 cm³/mol. The molecule has 0 spiro atoms. The third-order valence-corrected chi connectivity index (χ3v) is 4.88. The number of nitrogens with two attached hydrogens (primary N) is 1. The quantitative estimate of drug-likeness (QED) is 0.909. The van der Waals surface area contributed by atoms with Crippen molar-refractivity contribution in [3.05, 3.63) is 51.2 Å². The molecule has 0 bridgehead atoms. The van der Waals surface area contributed by atoms with Crippen molar-refractivity contribution >= 4 is 22.9 Å². The SMILES string of the molecule is NCc1cccc(NC(=O)c2cc3c(s2)CCCC3)c1. The summed E-state index contributed by atoms with van der Waals surface area (Å²) in [5.41, 5.74) is 8.81. The predicted octanol–water partition coefficient (Wildman–Crippen LogP) is 3.34. The first-order valence-corrected chi connectivity index (χ1v) is 7.80. The smallest absolute Gasteiger partial charge is 0.265 e. The van der Waals surface area contributed by atoms with Gasteiger partial charge in [0.2, 0.25) is 0 Å². The first kappa shape index (κ1) is 13.3. The highest BCUT2D eigenvalue weighted by Gasteiger charge is 2.17. The van der Waals surface area contributed by atoms with Gasteiger partial charge in [-0.25, -0.2) is 0 Å². The average Bonchev–Trinajstić information content (AvgIpc) is 2.91. The Balaban J connectivity index is 1.77. The van der Waals surface area contributed by atoms with Crippen LogP contribution in [-0.2, 0) is 19.4 Å². The second kappa shape index (κ2) is 5.77. The van der Waals surface area contributed by atoms with Gasteiger partial charge in [-0.05, 0) is 55.0 Å². The number of rotatable bonds is 3. The first-order valence-electron chi connectivity index (χ1n) is 6.98. The maximum absolute atomic E-state index is 12.3. The average molecular weight is 286 g/mol. The fourth-order valence-corrected chi connectivity index (χ4v) is 3.72. The Labute approximate surface area is 122 Å². The lowest BCUT2D eigenvalue weighted by Crippen LogP contribution is -2.10. The summed E-state index contributed by atoms with van der Waals surface area (Å²) in [4.78, 5) is 14.5. The molecule has 1 aliphatic rings. The van der Waals surface area contributed by atoms with Crippen LogP contribution in [0.4, 0.5) is 5.69 Å². The molecule has 0 radical (unpaired) electrons.